The van der Waals surface area contributed by atoms with Crippen LogP contribution in [0.4, 0.5) is 0 Å². The van der Waals surface area contributed by atoms with Gasteiger partial charge in [0, 0.05) is 6.92 Å². The lowest BCUT2D eigenvalue weighted by atomic mass is 9.99. The lowest BCUT2D eigenvalue weighted by molar-refractivity contribution is -0.276. The van der Waals surface area contributed by atoms with Gasteiger partial charge >= 0.3 is 10.3 Å². The van der Waals surface area contributed by atoms with Crippen molar-refractivity contribution >= 4 is 16.2 Å². The van der Waals surface area contributed by atoms with Crippen molar-refractivity contribution in [3.8, 4) is 5.75 Å². The van der Waals surface area contributed by atoms with Gasteiger partial charge in [-0.1, -0.05) is 18.2 Å². The molecule has 1 aromatic carbocycles. The minimum atomic E-state index is -4.39. The predicted octanol–water partition coefficient (Wildman–Crippen LogP) is -1.73. The summed E-state index contributed by atoms with van der Waals surface area (Å²) < 4.78 is 39.8. The van der Waals surface area contributed by atoms with E-state index < -0.39 is 53.5 Å². The lowest BCUT2D eigenvalue weighted by Crippen LogP contribution is -2.60. The maximum Gasteiger partial charge on any atom is 0.362 e. The van der Waals surface area contributed by atoms with Gasteiger partial charge in [0.15, 0.2) is 0 Å². The van der Waals surface area contributed by atoms with Gasteiger partial charge in [0.25, 0.3) is 0 Å². The first-order valence-corrected chi connectivity index (χ1v) is 8.69. The molecule has 5 atom stereocenters. The highest BCUT2D eigenvalue weighted by atomic mass is 32.2. The molecule has 1 amide bonds. The summed E-state index contributed by atoms with van der Waals surface area (Å²) in [4.78, 5) is 10.8. The Morgan fingerprint density at radius 1 is 1.16 bits per heavy atom. The van der Waals surface area contributed by atoms with E-state index in [9.17, 15) is 28.5 Å². The van der Waals surface area contributed by atoms with Crippen LogP contribution in [0.5, 0.6) is 5.75 Å². The first kappa shape index (κ1) is 19.6. The molecule has 25 heavy (non-hydrogen) atoms. The molecule has 1 aliphatic rings. The first-order chi connectivity index (χ1) is 11.7. The number of amides is 1. The quantitative estimate of drug-likeness (QED) is 0.453. The molecule has 1 heterocycles. The molecule has 4 N–H and O–H groups in total. The Hall–Kier alpha value is -1.76. The molecular formula is C14H19NO9S. The van der Waals surface area contributed by atoms with Crippen molar-refractivity contribution in [1.29, 1.82) is 0 Å². The summed E-state index contributed by atoms with van der Waals surface area (Å²) in [7, 11) is -4.39. The second-order valence-electron chi connectivity index (χ2n) is 5.34. The molecule has 1 fully saturated rings. The number of ether oxygens (including phenoxy) is 2. The number of aliphatic hydroxyl groups is 3. The van der Waals surface area contributed by atoms with Crippen LogP contribution in [0.25, 0.3) is 0 Å². The predicted molar refractivity (Wildman–Crippen MR) is 82.4 cm³/mol. The highest BCUT2D eigenvalue weighted by Crippen LogP contribution is 2.24. The monoisotopic (exact) mass is 377 g/mol. The van der Waals surface area contributed by atoms with Crippen LogP contribution in [0, 0.1) is 0 Å². The number of carbonyl (C=O) groups excluding carboxylic acids is 1. The van der Waals surface area contributed by atoms with E-state index in [2.05, 4.69) is 4.18 Å². The maximum atomic E-state index is 11.5. The Balaban J connectivity index is 2.04. The van der Waals surface area contributed by atoms with Crippen LogP contribution < -0.4 is 9.46 Å². The van der Waals surface area contributed by atoms with Gasteiger partial charge in [0.1, 0.15) is 30.2 Å². The number of aliphatic hydroxyl groups excluding tert-OH is 3. The minimum Gasteiger partial charge on any atom is -0.462 e. The number of rotatable bonds is 6. The standard InChI is InChI=1S/C14H19NO9S/c1-8(16)15-25(20,21)22-7-10-11(17)12(18)13(19)14(24-10)23-9-5-3-2-4-6-9/h2-6,10-14,17-19H,7H2,1H3,(H,15,16)/t10-,11-,12+,13+,14+/m1/s1. The van der Waals surface area contributed by atoms with Crippen molar-refractivity contribution in [3.05, 3.63) is 30.3 Å². The third kappa shape index (κ3) is 5.36. The van der Waals surface area contributed by atoms with E-state index in [1.807, 2.05) is 0 Å². The molecule has 10 nitrogen and oxygen atoms in total. The summed E-state index contributed by atoms with van der Waals surface area (Å²) in [6.45, 7) is 0.277. The summed E-state index contributed by atoms with van der Waals surface area (Å²) in [5.74, 6) is -0.522. The normalized spacial score (nSPS) is 29.8. The number of hydrogen-bond acceptors (Lipinski definition) is 9. The molecule has 0 unspecified atom stereocenters. The zero-order valence-corrected chi connectivity index (χ0v) is 14.0. The van der Waals surface area contributed by atoms with Crippen molar-refractivity contribution in [1.82, 2.24) is 4.72 Å². The lowest BCUT2D eigenvalue weighted by Gasteiger charge is -2.39. The van der Waals surface area contributed by atoms with Gasteiger partial charge < -0.3 is 24.8 Å². The maximum absolute atomic E-state index is 11.5. The average Bonchev–Trinajstić information content (AvgIpc) is 2.54. The molecule has 2 rings (SSSR count). The Morgan fingerprint density at radius 3 is 2.40 bits per heavy atom. The van der Waals surface area contributed by atoms with Crippen molar-refractivity contribution < 1.29 is 42.2 Å². The second kappa shape index (κ2) is 8.08. The molecule has 0 aromatic heterocycles. The van der Waals surface area contributed by atoms with Gasteiger partial charge in [0.05, 0.1) is 6.61 Å². The van der Waals surface area contributed by atoms with Gasteiger partial charge in [-0.15, -0.1) is 0 Å². The van der Waals surface area contributed by atoms with Gasteiger partial charge in [-0.3, -0.25) is 8.98 Å². The fourth-order valence-electron chi connectivity index (χ4n) is 2.15. The van der Waals surface area contributed by atoms with Crippen LogP contribution in [-0.4, -0.2) is 67.0 Å². The average molecular weight is 377 g/mol. The fraction of sp³-hybridized carbons (Fsp3) is 0.500. The zero-order chi connectivity index (χ0) is 18.6. The Morgan fingerprint density at radius 2 is 1.80 bits per heavy atom. The number of carbonyl (C=O) groups is 1. The van der Waals surface area contributed by atoms with E-state index in [0.717, 1.165) is 6.92 Å². The van der Waals surface area contributed by atoms with Crippen LogP contribution in [0.2, 0.25) is 0 Å². The topological polar surface area (TPSA) is 152 Å². The fourth-order valence-corrected chi connectivity index (χ4v) is 2.87. The molecule has 1 saturated heterocycles. The highest BCUT2D eigenvalue weighted by molar-refractivity contribution is 7.85. The summed E-state index contributed by atoms with van der Waals surface area (Å²) in [6.07, 6.45) is -7.54. The Labute approximate surface area is 144 Å². The molecule has 1 aromatic rings. The molecule has 1 aliphatic heterocycles. The Bertz CT molecular complexity index is 681. The molecular weight excluding hydrogens is 358 g/mol. The molecule has 0 radical (unpaired) electrons. The molecule has 0 saturated carbocycles. The van der Waals surface area contributed by atoms with Gasteiger partial charge in [-0.25, -0.2) is 4.72 Å². The van der Waals surface area contributed by atoms with E-state index in [4.69, 9.17) is 9.47 Å². The molecule has 0 aliphatic carbocycles. The molecule has 140 valence electrons. The number of hydrogen-bond donors (Lipinski definition) is 4. The largest absolute Gasteiger partial charge is 0.462 e. The summed E-state index contributed by atoms with van der Waals surface area (Å²) in [5, 5.41) is 29.8. The zero-order valence-electron chi connectivity index (χ0n) is 13.2. The molecule has 0 spiro atoms. The minimum absolute atomic E-state index is 0.334. The number of para-hydroxylation sites is 1. The van der Waals surface area contributed by atoms with Crippen LogP contribution in [0.3, 0.4) is 0 Å². The Kier molecular flexibility index (Phi) is 6.32. The van der Waals surface area contributed by atoms with Crippen molar-refractivity contribution in [3.63, 3.8) is 0 Å². The van der Waals surface area contributed by atoms with Gasteiger partial charge in [-0.2, -0.15) is 8.42 Å². The van der Waals surface area contributed by atoms with Crippen LogP contribution in [-0.2, 0) is 24.0 Å². The SMILES string of the molecule is CC(=O)NS(=O)(=O)OC[C@H]1O[C@H](Oc2ccccc2)[C@@H](O)[C@@H](O)[C@@H]1O. The third-order valence-corrected chi connectivity index (χ3v) is 4.30. The second-order valence-corrected chi connectivity index (χ2v) is 6.69. The van der Waals surface area contributed by atoms with Gasteiger partial charge in [-0.05, 0) is 12.1 Å². The van der Waals surface area contributed by atoms with E-state index in [1.165, 1.54) is 0 Å². The number of benzene rings is 1. The highest BCUT2D eigenvalue weighted by Gasteiger charge is 2.45. The summed E-state index contributed by atoms with van der Waals surface area (Å²) in [6, 6.07) is 8.26. The van der Waals surface area contributed by atoms with E-state index in [1.54, 1.807) is 35.1 Å². The van der Waals surface area contributed by atoms with E-state index in [-0.39, 0.29) is 0 Å². The smallest absolute Gasteiger partial charge is 0.362 e. The van der Waals surface area contributed by atoms with E-state index in [0.29, 0.717) is 5.75 Å². The third-order valence-electron chi connectivity index (χ3n) is 3.32. The van der Waals surface area contributed by atoms with Gasteiger partial charge in [0.2, 0.25) is 12.2 Å². The number of nitrogens with one attached hydrogen (secondary N) is 1. The van der Waals surface area contributed by atoms with Crippen LogP contribution >= 0.6 is 0 Å². The summed E-state index contributed by atoms with van der Waals surface area (Å²) >= 11 is 0. The van der Waals surface area contributed by atoms with Crippen molar-refractivity contribution in [2.75, 3.05) is 6.61 Å². The van der Waals surface area contributed by atoms with Crippen LogP contribution in [0.15, 0.2) is 30.3 Å². The van der Waals surface area contributed by atoms with Crippen LogP contribution in [0.1, 0.15) is 6.92 Å². The van der Waals surface area contributed by atoms with Crippen molar-refractivity contribution in [2.24, 2.45) is 0 Å². The van der Waals surface area contributed by atoms with E-state index >= 15 is 0 Å². The first-order valence-electron chi connectivity index (χ1n) is 7.29. The van der Waals surface area contributed by atoms with Crippen molar-refractivity contribution in [2.45, 2.75) is 37.6 Å². The summed E-state index contributed by atoms with van der Waals surface area (Å²) in [5.41, 5.74) is 0. The molecule has 11 heteroatoms. The molecule has 0 bridgehead atoms.